The Kier molecular flexibility index (Phi) is 6.61. The summed E-state index contributed by atoms with van der Waals surface area (Å²) in [5, 5.41) is 14.1. The topological polar surface area (TPSA) is 90.8 Å². The van der Waals surface area contributed by atoms with Gasteiger partial charge in [-0.05, 0) is 71.4 Å². The highest BCUT2D eigenvalue weighted by Gasteiger charge is 2.13. The van der Waals surface area contributed by atoms with Crippen molar-refractivity contribution in [2.75, 3.05) is 10.1 Å². The Morgan fingerprint density at radius 3 is 2.24 bits per heavy atom. The molecule has 6 nitrogen and oxygen atoms in total. The van der Waals surface area contributed by atoms with E-state index in [9.17, 15) is 13.5 Å². The van der Waals surface area contributed by atoms with E-state index in [4.69, 9.17) is 0 Å². The average molecular weight is 539 g/mol. The Bertz CT molecular complexity index is 1150. The molecule has 0 amide bonds. The van der Waals surface area contributed by atoms with Gasteiger partial charge in [-0.2, -0.15) is 5.10 Å². The molecule has 3 N–H and O–H groups in total. The molecule has 0 aliphatic rings. The van der Waals surface area contributed by atoms with E-state index in [-0.39, 0.29) is 10.6 Å². The Morgan fingerprint density at radius 2 is 1.59 bits per heavy atom. The molecule has 3 aromatic carbocycles. The number of aryl methyl sites for hydroxylation is 1. The summed E-state index contributed by atoms with van der Waals surface area (Å²) in [6.07, 6.45) is 1.48. The normalized spacial score (nSPS) is 11.6. The number of phenolic OH excluding ortho intramolecular Hbond substituents is 1. The highest BCUT2D eigenvalue weighted by molar-refractivity contribution is 9.11. The molecule has 0 radical (unpaired) electrons. The standard InChI is InChI=1S/C20H17Br2N3O3S/c1-13-2-8-18(9-3-13)29(27,28)25-17-6-4-16(5-7-17)24-23-12-14-10-15(21)11-19(22)20(14)26/h2-12,24-26H,1H3/b23-12+. The number of anilines is 2. The minimum Gasteiger partial charge on any atom is -0.506 e. The first-order valence-electron chi connectivity index (χ1n) is 8.41. The summed E-state index contributed by atoms with van der Waals surface area (Å²) in [6, 6.07) is 16.8. The highest BCUT2D eigenvalue weighted by Crippen LogP contribution is 2.30. The van der Waals surface area contributed by atoms with Crippen LogP contribution in [-0.2, 0) is 10.0 Å². The lowest BCUT2D eigenvalue weighted by Gasteiger charge is -2.09. The molecule has 0 heterocycles. The maximum Gasteiger partial charge on any atom is 0.261 e. The van der Waals surface area contributed by atoms with Crippen molar-refractivity contribution in [2.24, 2.45) is 5.10 Å². The number of nitrogens with zero attached hydrogens (tertiary/aromatic N) is 1. The minimum atomic E-state index is -3.65. The number of benzene rings is 3. The molecule has 0 aliphatic carbocycles. The van der Waals surface area contributed by atoms with Crippen LogP contribution in [0.25, 0.3) is 0 Å². The highest BCUT2D eigenvalue weighted by atomic mass is 79.9. The van der Waals surface area contributed by atoms with E-state index in [1.54, 1.807) is 60.7 Å². The number of halogens is 2. The van der Waals surface area contributed by atoms with Crippen LogP contribution >= 0.6 is 31.9 Å². The van der Waals surface area contributed by atoms with Gasteiger partial charge in [-0.1, -0.05) is 33.6 Å². The van der Waals surface area contributed by atoms with E-state index < -0.39 is 10.0 Å². The van der Waals surface area contributed by atoms with E-state index in [0.29, 0.717) is 21.4 Å². The number of hydrogen-bond donors (Lipinski definition) is 3. The third-order valence-corrected chi connectivity index (χ3v) is 6.38. The third kappa shape index (κ3) is 5.59. The van der Waals surface area contributed by atoms with Gasteiger partial charge in [-0.3, -0.25) is 10.1 Å². The van der Waals surface area contributed by atoms with E-state index in [1.165, 1.54) is 6.21 Å². The van der Waals surface area contributed by atoms with Gasteiger partial charge in [0, 0.05) is 15.7 Å². The first-order valence-corrected chi connectivity index (χ1v) is 11.5. The van der Waals surface area contributed by atoms with E-state index in [1.807, 2.05) is 6.92 Å². The number of hydrazone groups is 1. The molecule has 0 spiro atoms. The Balaban J connectivity index is 1.67. The van der Waals surface area contributed by atoms with E-state index in [2.05, 4.69) is 47.1 Å². The Labute approximate surface area is 186 Å². The lowest BCUT2D eigenvalue weighted by Crippen LogP contribution is -2.12. The van der Waals surface area contributed by atoms with Crippen LogP contribution in [0, 0.1) is 6.92 Å². The van der Waals surface area contributed by atoms with Crippen LogP contribution in [0.3, 0.4) is 0 Å². The van der Waals surface area contributed by atoms with Crippen molar-refractivity contribution in [1.82, 2.24) is 0 Å². The number of hydrogen-bond acceptors (Lipinski definition) is 5. The van der Waals surface area contributed by atoms with Gasteiger partial charge in [-0.25, -0.2) is 8.42 Å². The SMILES string of the molecule is Cc1ccc(S(=O)(=O)Nc2ccc(N/N=C/c3cc(Br)cc(Br)c3O)cc2)cc1. The molecule has 0 saturated carbocycles. The van der Waals surface area contributed by atoms with Crippen molar-refractivity contribution in [3.8, 4) is 5.75 Å². The fourth-order valence-corrected chi connectivity index (χ4v) is 4.72. The van der Waals surface area contributed by atoms with Crippen LogP contribution in [0.15, 0.2) is 79.6 Å². The summed E-state index contributed by atoms with van der Waals surface area (Å²) < 4.78 is 28.8. The van der Waals surface area contributed by atoms with Crippen LogP contribution in [0.1, 0.15) is 11.1 Å². The molecular weight excluding hydrogens is 522 g/mol. The molecule has 0 aliphatic heterocycles. The van der Waals surface area contributed by atoms with Crippen LogP contribution in [-0.4, -0.2) is 19.7 Å². The van der Waals surface area contributed by atoms with Crippen molar-refractivity contribution < 1.29 is 13.5 Å². The number of aromatic hydroxyl groups is 1. The summed E-state index contributed by atoms with van der Waals surface area (Å²) in [5.74, 6) is 0.0830. The first-order chi connectivity index (χ1) is 13.7. The number of sulfonamides is 1. The Hall–Kier alpha value is -2.36. The molecule has 3 rings (SSSR count). The summed E-state index contributed by atoms with van der Waals surface area (Å²) in [6.45, 7) is 1.90. The van der Waals surface area contributed by atoms with Gasteiger partial charge in [0.15, 0.2) is 0 Å². The van der Waals surface area contributed by atoms with Gasteiger partial charge in [0.2, 0.25) is 0 Å². The van der Waals surface area contributed by atoms with Crippen LogP contribution < -0.4 is 10.1 Å². The second kappa shape index (κ2) is 8.98. The molecule has 0 unspecified atom stereocenters. The fourth-order valence-electron chi connectivity index (χ4n) is 2.40. The maximum atomic E-state index is 12.4. The van der Waals surface area contributed by atoms with E-state index >= 15 is 0 Å². The maximum absolute atomic E-state index is 12.4. The summed E-state index contributed by atoms with van der Waals surface area (Å²) in [7, 11) is -3.65. The Morgan fingerprint density at radius 1 is 0.966 bits per heavy atom. The molecule has 3 aromatic rings. The van der Waals surface area contributed by atoms with Gasteiger partial charge in [0.1, 0.15) is 5.75 Å². The predicted octanol–water partition coefficient (Wildman–Crippen LogP) is 5.47. The number of phenols is 1. The summed E-state index contributed by atoms with van der Waals surface area (Å²) in [5.41, 5.74) is 5.45. The van der Waals surface area contributed by atoms with Crippen molar-refractivity contribution in [3.63, 3.8) is 0 Å². The lowest BCUT2D eigenvalue weighted by atomic mass is 10.2. The van der Waals surface area contributed by atoms with Gasteiger partial charge >= 0.3 is 0 Å². The fraction of sp³-hybridized carbons (Fsp3) is 0.0500. The third-order valence-electron chi connectivity index (χ3n) is 3.92. The van der Waals surface area contributed by atoms with Crippen LogP contribution in [0.4, 0.5) is 11.4 Å². The molecule has 0 aromatic heterocycles. The minimum absolute atomic E-state index is 0.0830. The zero-order valence-electron chi connectivity index (χ0n) is 15.2. The number of nitrogens with one attached hydrogen (secondary N) is 2. The van der Waals surface area contributed by atoms with Gasteiger partial charge in [0.25, 0.3) is 10.0 Å². The zero-order valence-corrected chi connectivity index (χ0v) is 19.2. The molecule has 29 heavy (non-hydrogen) atoms. The number of rotatable bonds is 6. The van der Waals surface area contributed by atoms with Crippen LogP contribution in [0.2, 0.25) is 0 Å². The largest absolute Gasteiger partial charge is 0.506 e. The van der Waals surface area contributed by atoms with Crippen molar-refractivity contribution >= 4 is 59.5 Å². The van der Waals surface area contributed by atoms with Crippen LogP contribution in [0.5, 0.6) is 5.75 Å². The van der Waals surface area contributed by atoms with E-state index in [0.717, 1.165) is 10.0 Å². The molecule has 9 heteroatoms. The molecule has 0 saturated heterocycles. The molecule has 0 atom stereocenters. The van der Waals surface area contributed by atoms with Crippen molar-refractivity contribution in [2.45, 2.75) is 11.8 Å². The van der Waals surface area contributed by atoms with Crippen molar-refractivity contribution in [1.29, 1.82) is 0 Å². The molecular formula is C20H17Br2N3O3S. The first kappa shape index (κ1) is 21.4. The molecule has 150 valence electrons. The van der Waals surface area contributed by atoms with Gasteiger partial charge in [0.05, 0.1) is 21.3 Å². The van der Waals surface area contributed by atoms with Gasteiger partial charge in [-0.15, -0.1) is 0 Å². The summed E-state index contributed by atoms with van der Waals surface area (Å²) in [4.78, 5) is 0.204. The molecule has 0 fully saturated rings. The predicted molar refractivity (Wildman–Crippen MR) is 123 cm³/mol. The zero-order chi connectivity index (χ0) is 21.0. The second-order valence-electron chi connectivity index (χ2n) is 6.19. The lowest BCUT2D eigenvalue weighted by molar-refractivity contribution is 0.471. The quantitative estimate of drug-likeness (QED) is 0.286. The molecule has 0 bridgehead atoms. The summed E-state index contributed by atoms with van der Waals surface area (Å²) >= 11 is 6.62. The smallest absolute Gasteiger partial charge is 0.261 e. The average Bonchev–Trinajstić information content (AvgIpc) is 2.67. The van der Waals surface area contributed by atoms with Crippen molar-refractivity contribution in [3.05, 3.63) is 80.7 Å². The second-order valence-corrected chi connectivity index (χ2v) is 9.64. The monoisotopic (exact) mass is 537 g/mol. The van der Waals surface area contributed by atoms with Gasteiger partial charge < -0.3 is 5.11 Å².